The lowest BCUT2D eigenvalue weighted by molar-refractivity contribution is 0.101. The first-order valence-electron chi connectivity index (χ1n) is 16.3. The van der Waals surface area contributed by atoms with Crippen LogP contribution >= 0.6 is 0 Å². The van der Waals surface area contributed by atoms with Crippen LogP contribution in [0.25, 0.3) is 34.2 Å². The van der Waals surface area contributed by atoms with Gasteiger partial charge in [0, 0.05) is 38.0 Å². The molecule has 48 heavy (non-hydrogen) atoms. The molecule has 0 bridgehead atoms. The maximum absolute atomic E-state index is 11.0. The van der Waals surface area contributed by atoms with Gasteiger partial charge in [-0.2, -0.15) is 0 Å². The van der Waals surface area contributed by atoms with Crippen LogP contribution in [-0.2, 0) is 14.2 Å². The minimum atomic E-state index is -0.124. The van der Waals surface area contributed by atoms with E-state index in [0.717, 1.165) is 19.3 Å². The molecule has 0 amide bonds. The Kier molecular flexibility index (Phi) is 14.5. The van der Waals surface area contributed by atoms with Crippen LogP contribution in [0.15, 0.2) is 54.6 Å². The third kappa shape index (κ3) is 10.7. The summed E-state index contributed by atoms with van der Waals surface area (Å²) in [5.74, 6) is 1.33. The summed E-state index contributed by atoms with van der Waals surface area (Å²) in [6.07, 6.45) is 2.75. The zero-order chi connectivity index (χ0) is 34.1. The zero-order valence-corrected chi connectivity index (χ0v) is 27.8. The fourth-order valence-electron chi connectivity index (χ4n) is 4.50. The van der Waals surface area contributed by atoms with Crippen LogP contribution in [0.3, 0.4) is 0 Å². The molecule has 4 rings (SSSR count). The Morgan fingerprint density at radius 1 is 0.417 bits per heavy atom. The van der Waals surface area contributed by atoms with E-state index in [1.165, 1.54) is 18.2 Å². The van der Waals surface area contributed by atoms with Crippen molar-refractivity contribution in [3.05, 3.63) is 54.6 Å². The largest absolute Gasteiger partial charge is 0.507 e. The van der Waals surface area contributed by atoms with Crippen molar-refractivity contribution in [2.24, 2.45) is 0 Å². The van der Waals surface area contributed by atoms with Gasteiger partial charge in [-0.1, -0.05) is 20.8 Å². The molecule has 0 unspecified atom stereocenters. The van der Waals surface area contributed by atoms with Crippen molar-refractivity contribution in [1.82, 2.24) is 15.0 Å². The third-order valence-electron chi connectivity index (χ3n) is 6.80. The van der Waals surface area contributed by atoms with Crippen molar-refractivity contribution >= 4 is 0 Å². The first-order chi connectivity index (χ1) is 23.4. The molecule has 0 spiro atoms. The quantitative estimate of drug-likeness (QED) is 0.0845. The van der Waals surface area contributed by atoms with Crippen LogP contribution in [0.5, 0.6) is 34.5 Å². The van der Waals surface area contributed by atoms with Gasteiger partial charge in [-0.05, 0) is 55.7 Å². The predicted octanol–water partition coefficient (Wildman–Crippen LogP) is 6.41. The molecule has 12 heteroatoms. The van der Waals surface area contributed by atoms with Crippen LogP contribution in [0.4, 0.5) is 0 Å². The number of nitrogens with zero attached hydrogens (tertiary/aromatic N) is 3. The van der Waals surface area contributed by atoms with Crippen LogP contribution in [0, 0.1) is 0 Å². The van der Waals surface area contributed by atoms with E-state index < -0.39 is 0 Å². The first-order valence-corrected chi connectivity index (χ1v) is 16.3. The lowest BCUT2D eigenvalue weighted by Crippen LogP contribution is -2.07. The summed E-state index contributed by atoms with van der Waals surface area (Å²) < 4.78 is 33.5. The smallest absolute Gasteiger partial charge is 0.167 e. The highest BCUT2D eigenvalue weighted by molar-refractivity contribution is 5.74. The van der Waals surface area contributed by atoms with Gasteiger partial charge in [0.05, 0.1) is 36.5 Å². The summed E-state index contributed by atoms with van der Waals surface area (Å²) in [5, 5.41) is 33.0. The predicted molar refractivity (Wildman–Crippen MR) is 181 cm³/mol. The molecule has 0 saturated carbocycles. The van der Waals surface area contributed by atoms with E-state index in [4.69, 9.17) is 28.4 Å². The van der Waals surface area contributed by atoms with Crippen molar-refractivity contribution in [3.8, 4) is 68.7 Å². The van der Waals surface area contributed by atoms with Crippen molar-refractivity contribution < 1.29 is 43.7 Å². The van der Waals surface area contributed by atoms with Gasteiger partial charge >= 0.3 is 0 Å². The van der Waals surface area contributed by atoms with Gasteiger partial charge in [0.15, 0.2) is 17.5 Å². The summed E-state index contributed by atoms with van der Waals surface area (Å²) >= 11 is 0. The fourth-order valence-corrected chi connectivity index (χ4v) is 4.50. The third-order valence-corrected chi connectivity index (χ3v) is 6.80. The van der Waals surface area contributed by atoms with Gasteiger partial charge in [-0.3, -0.25) is 0 Å². The molecule has 3 aromatic carbocycles. The van der Waals surface area contributed by atoms with Gasteiger partial charge in [-0.25, -0.2) is 15.0 Å². The summed E-state index contributed by atoms with van der Waals surface area (Å²) in [7, 11) is 0. The van der Waals surface area contributed by atoms with Crippen molar-refractivity contribution in [2.45, 2.75) is 40.0 Å². The van der Waals surface area contributed by atoms with Crippen LogP contribution < -0.4 is 14.2 Å². The number of phenolic OH excluding ortho intramolecular Hbond substituents is 3. The number of benzene rings is 3. The summed E-state index contributed by atoms with van der Waals surface area (Å²) in [6.45, 7) is 10.3. The number of hydrogen-bond acceptors (Lipinski definition) is 12. The molecule has 0 aliphatic heterocycles. The highest BCUT2D eigenvalue weighted by atomic mass is 16.5. The molecule has 0 fully saturated rings. The SMILES string of the molecule is CCCOCCOc1ccc(-c2nc(-c3ccc(OCCOCCC)cc3O)nc(-c3ccc(OCCOCCC)cc3O)n2)c(O)c1. The average Bonchev–Trinajstić information content (AvgIpc) is 3.08. The van der Waals surface area contributed by atoms with Crippen molar-refractivity contribution in [2.75, 3.05) is 59.5 Å². The molecule has 0 aliphatic carbocycles. The van der Waals surface area contributed by atoms with Gasteiger partial charge < -0.3 is 43.7 Å². The molecule has 0 atom stereocenters. The van der Waals surface area contributed by atoms with E-state index in [-0.39, 0.29) is 34.7 Å². The normalized spacial score (nSPS) is 11.1. The van der Waals surface area contributed by atoms with Crippen LogP contribution in [0.2, 0.25) is 0 Å². The molecular weight excluding hydrogens is 618 g/mol. The van der Waals surface area contributed by atoms with E-state index in [0.29, 0.717) is 93.4 Å². The highest BCUT2D eigenvalue weighted by Gasteiger charge is 2.19. The number of rotatable bonds is 21. The monoisotopic (exact) mass is 663 g/mol. The Bertz CT molecular complexity index is 1390. The Hall–Kier alpha value is -4.65. The van der Waals surface area contributed by atoms with Gasteiger partial charge in [-0.15, -0.1) is 0 Å². The maximum atomic E-state index is 11.0. The van der Waals surface area contributed by atoms with Crippen LogP contribution in [-0.4, -0.2) is 89.7 Å². The van der Waals surface area contributed by atoms with Crippen molar-refractivity contribution in [1.29, 1.82) is 0 Å². The summed E-state index contributed by atoms with van der Waals surface area (Å²) in [5.41, 5.74) is 0.896. The highest BCUT2D eigenvalue weighted by Crippen LogP contribution is 2.37. The number of aromatic hydroxyl groups is 3. The second kappa shape index (κ2) is 19.2. The molecule has 1 heterocycles. The first kappa shape index (κ1) is 36.2. The van der Waals surface area contributed by atoms with Gasteiger partial charge in [0.2, 0.25) is 0 Å². The van der Waals surface area contributed by atoms with Crippen LogP contribution in [0.1, 0.15) is 40.0 Å². The summed E-state index contributed by atoms with van der Waals surface area (Å²) in [6, 6.07) is 14.4. The van der Waals surface area contributed by atoms with Gasteiger partial charge in [0.1, 0.15) is 54.3 Å². The second-order valence-corrected chi connectivity index (χ2v) is 10.7. The molecule has 0 radical (unpaired) electrons. The lowest BCUT2D eigenvalue weighted by Gasteiger charge is -2.13. The molecule has 0 saturated heterocycles. The van der Waals surface area contributed by atoms with E-state index >= 15 is 0 Å². The standard InChI is InChI=1S/C36H45N3O9/c1-4-13-43-16-19-46-25-7-10-28(31(40)22-25)34-37-35(29-11-8-26(23-32(29)41)47-20-17-44-14-5-2)39-36(38-34)30-12-9-27(24-33(30)42)48-21-18-45-15-6-3/h7-12,22-24,40-42H,4-6,13-21H2,1-3H3. The zero-order valence-electron chi connectivity index (χ0n) is 27.8. The molecule has 258 valence electrons. The maximum Gasteiger partial charge on any atom is 0.167 e. The molecule has 12 nitrogen and oxygen atoms in total. The van der Waals surface area contributed by atoms with Gasteiger partial charge in [0.25, 0.3) is 0 Å². The Balaban J connectivity index is 1.64. The minimum Gasteiger partial charge on any atom is -0.507 e. The van der Waals surface area contributed by atoms with E-state index in [9.17, 15) is 15.3 Å². The minimum absolute atomic E-state index is 0.117. The average molecular weight is 664 g/mol. The topological polar surface area (TPSA) is 155 Å². The van der Waals surface area contributed by atoms with E-state index in [1.807, 2.05) is 20.8 Å². The number of ether oxygens (including phenoxy) is 6. The molecule has 0 aliphatic rings. The second-order valence-electron chi connectivity index (χ2n) is 10.7. The Morgan fingerprint density at radius 3 is 0.958 bits per heavy atom. The molecule has 1 aromatic heterocycles. The molecular formula is C36H45N3O9. The Morgan fingerprint density at radius 2 is 0.708 bits per heavy atom. The van der Waals surface area contributed by atoms with E-state index in [2.05, 4.69) is 15.0 Å². The molecule has 4 aromatic rings. The van der Waals surface area contributed by atoms with Crippen molar-refractivity contribution in [3.63, 3.8) is 0 Å². The summed E-state index contributed by atoms with van der Waals surface area (Å²) in [4.78, 5) is 13.8. The number of phenols is 3. The number of hydrogen-bond donors (Lipinski definition) is 3. The molecule has 3 N–H and O–H groups in total. The fraction of sp³-hybridized carbons (Fsp3) is 0.417. The lowest BCUT2D eigenvalue weighted by atomic mass is 10.1. The number of aromatic nitrogens is 3. The van der Waals surface area contributed by atoms with E-state index in [1.54, 1.807) is 36.4 Å². The Labute approximate surface area is 281 Å².